The second-order valence-electron chi connectivity index (χ2n) is 4.48. The maximum atomic E-state index is 12.7. The van der Waals surface area contributed by atoms with Crippen molar-refractivity contribution in [2.45, 2.75) is 17.7 Å². The molecule has 6 nitrogen and oxygen atoms in total. The van der Waals surface area contributed by atoms with E-state index in [1.807, 2.05) is 0 Å². The van der Waals surface area contributed by atoms with Gasteiger partial charge in [-0.15, -0.1) is 11.8 Å². The van der Waals surface area contributed by atoms with Gasteiger partial charge in [0.1, 0.15) is 11.9 Å². The Bertz CT molecular complexity index is 564. The highest BCUT2D eigenvalue weighted by atomic mass is 32.2. The lowest BCUT2D eigenvalue weighted by molar-refractivity contribution is -0.141. The molecule has 0 bridgehead atoms. The smallest absolute Gasteiger partial charge is 0.327 e. The number of rotatable bonds is 4. The Balaban J connectivity index is 1.87. The highest BCUT2D eigenvalue weighted by Gasteiger charge is 2.33. The number of anilines is 1. The number of aliphatic carboxylic acids is 1. The maximum absolute atomic E-state index is 12.7. The lowest BCUT2D eigenvalue weighted by atomic mass is 10.2. The van der Waals surface area contributed by atoms with Crippen LogP contribution >= 0.6 is 11.8 Å². The SMILES string of the molecule is O=C(CC1SCC(C(=O)O)NC1=O)Nc1ccc(F)cc1. The van der Waals surface area contributed by atoms with Gasteiger partial charge < -0.3 is 15.7 Å². The van der Waals surface area contributed by atoms with Gasteiger partial charge in [0.2, 0.25) is 11.8 Å². The first-order chi connectivity index (χ1) is 9.95. The van der Waals surface area contributed by atoms with Crippen molar-refractivity contribution in [1.82, 2.24) is 5.32 Å². The van der Waals surface area contributed by atoms with Crippen molar-refractivity contribution >= 4 is 35.2 Å². The lowest BCUT2D eigenvalue weighted by Gasteiger charge is -2.25. The molecule has 2 unspecified atom stereocenters. The Labute approximate surface area is 124 Å². The average molecular weight is 312 g/mol. The van der Waals surface area contributed by atoms with E-state index >= 15 is 0 Å². The van der Waals surface area contributed by atoms with Crippen molar-refractivity contribution in [1.29, 1.82) is 0 Å². The van der Waals surface area contributed by atoms with E-state index in [1.54, 1.807) is 0 Å². The van der Waals surface area contributed by atoms with E-state index in [1.165, 1.54) is 24.3 Å². The van der Waals surface area contributed by atoms with Gasteiger partial charge in [0.15, 0.2) is 0 Å². The molecule has 1 fully saturated rings. The third-order valence-corrected chi connectivity index (χ3v) is 4.18. The van der Waals surface area contributed by atoms with E-state index in [2.05, 4.69) is 10.6 Å². The minimum atomic E-state index is -1.09. The fraction of sp³-hybridized carbons (Fsp3) is 0.308. The number of thioether (sulfide) groups is 1. The van der Waals surface area contributed by atoms with Gasteiger partial charge in [0, 0.05) is 17.9 Å². The van der Waals surface area contributed by atoms with Gasteiger partial charge in [0.25, 0.3) is 0 Å². The summed E-state index contributed by atoms with van der Waals surface area (Å²) in [6.45, 7) is 0. The van der Waals surface area contributed by atoms with Crippen LogP contribution in [-0.2, 0) is 14.4 Å². The molecular weight excluding hydrogens is 299 g/mol. The molecular formula is C13H13FN2O4S. The van der Waals surface area contributed by atoms with Crippen molar-refractivity contribution in [3.8, 4) is 0 Å². The predicted octanol–water partition coefficient (Wildman–Crippen LogP) is 0.839. The Morgan fingerprint density at radius 3 is 2.62 bits per heavy atom. The van der Waals surface area contributed by atoms with Gasteiger partial charge in [-0.3, -0.25) is 9.59 Å². The van der Waals surface area contributed by atoms with Gasteiger partial charge >= 0.3 is 5.97 Å². The van der Waals surface area contributed by atoms with E-state index in [9.17, 15) is 18.8 Å². The van der Waals surface area contributed by atoms with Crippen molar-refractivity contribution in [3.05, 3.63) is 30.1 Å². The number of carboxylic acid groups (broad SMARTS) is 1. The Morgan fingerprint density at radius 2 is 2.05 bits per heavy atom. The second kappa shape index (κ2) is 6.57. The van der Waals surface area contributed by atoms with Crippen LogP contribution in [0.25, 0.3) is 0 Å². The van der Waals surface area contributed by atoms with Gasteiger partial charge in [0.05, 0.1) is 5.25 Å². The minimum absolute atomic E-state index is 0.0692. The summed E-state index contributed by atoms with van der Waals surface area (Å²) in [5.41, 5.74) is 0.436. The fourth-order valence-corrected chi connectivity index (χ4v) is 2.93. The molecule has 1 saturated heterocycles. The molecule has 1 aliphatic rings. The first-order valence-electron chi connectivity index (χ1n) is 6.16. The summed E-state index contributed by atoms with van der Waals surface area (Å²) in [7, 11) is 0. The van der Waals surface area contributed by atoms with Crippen LogP contribution in [0.3, 0.4) is 0 Å². The number of nitrogens with one attached hydrogen (secondary N) is 2. The first kappa shape index (κ1) is 15.3. The van der Waals surface area contributed by atoms with Crippen molar-refractivity contribution in [2.24, 2.45) is 0 Å². The molecule has 1 heterocycles. The molecule has 0 aromatic heterocycles. The van der Waals surface area contributed by atoms with E-state index in [0.29, 0.717) is 5.69 Å². The summed E-state index contributed by atoms with van der Waals surface area (Å²) < 4.78 is 12.7. The van der Waals surface area contributed by atoms with Crippen LogP contribution in [0.15, 0.2) is 24.3 Å². The summed E-state index contributed by atoms with van der Waals surface area (Å²) in [4.78, 5) is 34.3. The molecule has 0 spiro atoms. The summed E-state index contributed by atoms with van der Waals surface area (Å²) in [6.07, 6.45) is -0.0692. The quantitative estimate of drug-likeness (QED) is 0.766. The van der Waals surface area contributed by atoms with Crippen LogP contribution < -0.4 is 10.6 Å². The van der Waals surface area contributed by atoms with E-state index in [0.717, 1.165) is 11.8 Å². The molecule has 1 aromatic carbocycles. The number of carboxylic acids is 1. The van der Waals surface area contributed by atoms with Crippen molar-refractivity contribution in [2.75, 3.05) is 11.1 Å². The van der Waals surface area contributed by atoms with Gasteiger partial charge in [-0.2, -0.15) is 0 Å². The minimum Gasteiger partial charge on any atom is -0.480 e. The van der Waals surface area contributed by atoms with E-state index < -0.39 is 29.0 Å². The molecule has 1 aliphatic heterocycles. The Kier molecular flexibility index (Phi) is 4.79. The first-order valence-corrected chi connectivity index (χ1v) is 7.21. The Morgan fingerprint density at radius 1 is 1.38 bits per heavy atom. The lowest BCUT2D eigenvalue weighted by Crippen LogP contribution is -2.51. The average Bonchev–Trinajstić information content (AvgIpc) is 2.43. The van der Waals surface area contributed by atoms with Crippen LogP contribution in [0, 0.1) is 5.82 Å². The van der Waals surface area contributed by atoms with Gasteiger partial charge in [-0.05, 0) is 24.3 Å². The largest absolute Gasteiger partial charge is 0.480 e. The normalized spacial score (nSPS) is 21.5. The summed E-state index contributed by atoms with van der Waals surface area (Å²) in [5, 5.41) is 13.1. The molecule has 2 rings (SSSR count). The number of amides is 2. The molecule has 112 valence electrons. The molecule has 3 N–H and O–H groups in total. The third-order valence-electron chi connectivity index (χ3n) is 2.87. The number of hydrogen-bond donors (Lipinski definition) is 3. The number of hydrogen-bond acceptors (Lipinski definition) is 4. The van der Waals surface area contributed by atoms with Crippen LogP contribution in [0.5, 0.6) is 0 Å². The van der Waals surface area contributed by atoms with Gasteiger partial charge in [-0.25, -0.2) is 9.18 Å². The third kappa shape index (κ3) is 4.19. The molecule has 2 amide bonds. The maximum Gasteiger partial charge on any atom is 0.327 e. The van der Waals surface area contributed by atoms with Crippen molar-refractivity contribution < 1.29 is 23.9 Å². The summed E-state index contributed by atoms with van der Waals surface area (Å²) >= 11 is 1.14. The zero-order valence-corrected chi connectivity index (χ0v) is 11.7. The number of carbonyl (C=O) groups excluding carboxylic acids is 2. The molecule has 8 heteroatoms. The number of halogens is 1. The summed E-state index contributed by atoms with van der Waals surface area (Å²) in [6, 6.07) is 4.35. The number of carbonyl (C=O) groups is 3. The zero-order chi connectivity index (χ0) is 15.4. The van der Waals surface area contributed by atoms with Gasteiger partial charge in [-0.1, -0.05) is 0 Å². The van der Waals surface area contributed by atoms with E-state index in [4.69, 9.17) is 5.11 Å². The van der Waals surface area contributed by atoms with Crippen molar-refractivity contribution in [3.63, 3.8) is 0 Å². The molecule has 0 radical (unpaired) electrons. The Hall–Kier alpha value is -2.09. The highest BCUT2D eigenvalue weighted by Crippen LogP contribution is 2.21. The topological polar surface area (TPSA) is 95.5 Å². The molecule has 2 atom stereocenters. The standard InChI is InChI=1S/C13H13FN2O4S/c14-7-1-3-8(4-2-7)15-11(17)5-10-12(18)16-9(6-21-10)13(19)20/h1-4,9-10H,5-6H2,(H,15,17)(H,16,18)(H,19,20). The fourth-order valence-electron chi connectivity index (χ4n) is 1.79. The summed E-state index contributed by atoms with van der Waals surface area (Å²) in [5.74, 6) is -2.13. The van der Waals surface area contributed by atoms with Crippen LogP contribution in [0.1, 0.15) is 6.42 Å². The molecule has 21 heavy (non-hydrogen) atoms. The molecule has 0 saturated carbocycles. The highest BCUT2D eigenvalue weighted by molar-refractivity contribution is 8.00. The second-order valence-corrected chi connectivity index (χ2v) is 5.72. The van der Waals surface area contributed by atoms with Crippen LogP contribution in [-0.4, -0.2) is 39.9 Å². The van der Waals surface area contributed by atoms with Crippen LogP contribution in [0.2, 0.25) is 0 Å². The molecule has 0 aliphatic carbocycles. The zero-order valence-electron chi connectivity index (χ0n) is 10.8. The number of benzene rings is 1. The van der Waals surface area contributed by atoms with E-state index in [-0.39, 0.29) is 18.1 Å². The monoisotopic (exact) mass is 312 g/mol. The molecule has 1 aromatic rings. The predicted molar refractivity (Wildman–Crippen MR) is 75.5 cm³/mol. The van der Waals surface area contributed by atoms with Crippen LogP contribution in [0.4, 0.5) is 10.1 Å².